The zero-order valence-corrected chi connectivity index (χ0v) is 15.7. The van der Waals surface area contributed by atoms with Gasteiger partial charge >= 0.3 is 0 Å². The van der Waals surface area contributed by atoms with Crippen molar-refractivity contribution >= 4 is 21.6 Å². The molecule has 26 heavy (non-hydrogen) atoms. The number of carbonyl (C=O) groups excluding carboxylic acids is 1. The number of benzene rings is 2. The Morgan fingerprint density at radius 1 is 1.04 bits per heavy atom. The highest BCUT2D eigenvalue weighted by Crippen LogP contribution is 2.21. The van der Waals surface area contributed by atoms with Crippen LogP contribution < -0.4 is 10.1 Å². The number of rotatable bonds is 8. The number of para-hydroxylation sites is 1. The number of hydrogen-bond acceptors (Lipinski definition) is 5. The maximum Gasteiger partial charge on any atom is 0.259 e. The van der Waals surface area contributed by atoms with Crippen LogP contribution in [-0.4, -0.2) is 53.0 Å². The van der Waals surface area contributed by atoms with E-state index in [-0.39, 0.29) is 10.8 Å². The second-order valence-electron chi connectivity index (χ2n) is 5.60. The Hall–Kier alpha value is -2.42. The summed E-state index contributed by atoms with van der Waals surface area (Å²) in [6.45, 7) is 0.746. The highest BCUT2D eigenvalue weighted by atomic mass is 32.2. The molecule has 0 saturated carbocycles. The van der Waals surface area contributed by atoms with Crippen LogP contribution in [0.2, 0.25) is 0 Å². The van der Waals surface area contributed by atoms with Crippen LogP contribution in [0.1, 0.15) is 10.4 Å². The second kappa shape index (κ2) is 8.79. The Kier molecular flexibility index (Phi) is 6.73. The molecule has 0 aromatic heterocycles. The van der Waals surface area contributed by atoms with Gasteiger partial charge in [-0.05, 0) is 36.4 Å². The summed E-state index contributed by atoms with van der Waals surface area (Å²) in [5.41, 5.74) is 0.869. The predicted octanol–water partition coefficient (Wildman–Crippen LogP) is 2.21. The summed E-state index contributed by atoms with van der Waals surface area (Å²) in [6.07, 6.45) is 0. The normalized spacial score (nSPS) is 11.4. The minimum Gasteiger partial charge on any atom is -0.490 e. The van der Waals surface area contributed by atoms with Crippen LogP contribution in [0.4, 0.5) is 5.69 Å². The number of carbonyl (C=O) groups is 1. The summed E-state index contributed by atoms with van der Waals surface area (Å²) in [7, 11) is 0.994. The number of amides is 1. The average molecular weight is 378 g/mol. The highest BCUT2D eigenvalue weighted by Gasteiger charge is 2.17. The molecule has 0 aliphatic heterocycles. The molecule has 0 heterocycles. The largest absolute Gasteiger partial charge is 0.490 e. The number of ether oxygens (including phenoxy) is 2. The first-order chi connectivity index (χ1) is 12.4. The van der Waals surface area contributed by atoms with Gasteiger partial charge in [-0.25, -0.2) is 12.7 Å². The van der Waals surface area contributed by atoms with Crippen molar-refractivity contribution < 1.29 is 22.7 Å². The molecule has 0 spiro atoms. The van der Waals surface area contributed by atoms with Gasteiger partial charge in [0.15, 0.2) is 0 Å². The van der Waals surface area contributed by atoms with E-state index in [9.17, 15) is 13.2 Å². The number of methoxy groups -OCH3 is 1. The van der Waals surface area contributed by atoms with E-state index in [1.54, 1.807) is 43.5 Å². The lowest BCUT2D eigenvalue weighted by Crippen LogP contribution is -2.22. The van der Waals surface area contributed by atoms with E-state index in [0.717, 1.165) is 4.31 Å². The molecule has 0 radical (unpaired) electrons. The van der Waals surface area contributed by atoms with E-state index in [1.165, 1.54) is 26.2 Å². The van der Waals surface area contributed by atoms with Crippen LogP contribution in [0.3, 0.4) is 0 Å². The summed E-state index contributed by atoms with van der Waals surface area (Å²) in [4.78, 5) is 12.7. The topological polar surface area (TPSA) is 84.9 Å². The smallest absolute Gasteiger partial charge is 0.259 e. The molecule has 0 atom stereocenters. The van der Waals surface area contributed by atoms with Gasteiger partial charge in [0.25, 0.3) is 5.91 Å². The SMILES string of the molecule is COCCOc1ccccc1C(=O)Nc1ccc(S(=O)(=O)N(C)C)cc1. The molecular weight excluding hydrogens is 356 g/mol. The number of nitrogens with zero attached hydrogens (tertiary/aromatic N) is 1. The van der Waals surface area contributed by atoms with Crippen LogP contribution in [0.5, 0.6) is 5.75 Å². The molecule has 0 aliphatic carbocycles. The van der Waals surface area contributed by atoms with Gasteiger partial charge in [-0.1, -0.05) is 12.1 Å². The fraction of sp³-hybridized carbons (Fsp3) is 0.278. The summed E-state index contributed by atoms with van der Waals surface area (Å²) in [5, 5.41) is 2.74. The van der Waals surface area contributed by atoms with Gasteiger partial charge in [0.1, 0.15) is 12.4 Å². The van der Waals surface area contributed by atoms with E-state index < -0.39 is 10.0 Å². The Morgan fingerprint density at radius 2 is 1.69 bits per heavy atom. The summed E-state index contributed by atoms with van der Waals surface area (Å²) >= 11 is 0. The van der Waals surface area contributed by atoms with E-state index in [2.05, 4.69) is 5.32 Å². The molecule has 2 rings (SSSR count). The van der Waals surface area contributed by atoms with Gasteiger partial charge < -0.3 is 14.8 Å². The third kappa shape index (κ3) is 4.81. The highest BCUT2D eigenvalue weighted by molar-refractivity contribution is 7.89. The number of hydrogen-bond donors (Lipinski definition) is 1. The van der Waals surface area contributed by atoms with E-state index in [0.29, 0.717) is 30.2 Å². The lowest BCUT2D eigenvalue weighted by atomic mass is 10.2. The molecular formula is C18H22N2O5S. The fourth-order valence-corrected chi connectivity index (χ4v) is 3.04. The van der Waals surface area contributed by atoms with Crippen LogP contribution in [-0.2, 0) is 14.8 Å². The summed E-state index contributed by atoms with van der Waals surface area (Å²) in [5.74, 6) is 0.107. The molecule has 140 valence electrons. The van der Waals surface area contributed by atoms with Gasteiger partial charge in [0, 0.05) is 26.9 Å². The number of nitrogens with one attached hydrogen (secondary N) is 1. The van der Waals surface area contributed by atoms with E-state index in [4.69, 9.17) is 9.47 Å². The molecule has 0 unspecified atom stereocenters. The van der Waals surface area contributed by atoms with Crippen molar-refractivity contribution in [1.82, 2.24) is 4.31 Å². The molecule has 8 heteroatoms. The lowest BCUT2D eigenvalue weighted by Gasteiger charge is -2.13. The molecule has 0 bridgehead atoms. The molecule has 0 aliphatic rings. The number of anilines is 1. The monoisotopic (exact) mass is 378 g/mol. The maximum atomic E-state index is 12.5. The van der Waals surface area contributed by atoms with Crippen molar-refractivity contribution in [2.75, 3.05) is 39.7 Å². The second-order valence-corrected chi connectivity index (χ2v) is 7.76. The first-order valence-corrected chi connectivity index (χ1v) is 9.35. The minimum absolute atomic E-state index is 0.156. The van der Waals surface area contributed by atoms with Crippen molar-refractivity contribution in [1.29, 1.82) is 0 Å². The van der Waals surface area contributed by atoms with Gasteiger partial charge in [-0.3, -0.25) is 4.79 Å². The van der Waals surface area contributed by atoms with Gasteiger partial charge in [-0.15, -0.1) is 0 Å². The zero-order valence-electron chi connectivity index (χ0n) is 14.9. The molecule has 1 amide bonds. The Labute approximate surface area is 153 Å². The quantitative estimate of drug-likeness (QED) is 0.712. The lowest BCUT2D eigenvalue weighted by molar-refractivity contribution is 0.101. The van der Waals surface area contributed by atoms with Crippen LogP contribution in [0, 0.1) is 0 Å². The molecule has 0 fully saturated rings. The zero-order chi connectivity index (χ0) is 19.2. The Bertz CT molecular complexity index is 848. The minimum atomic E-state index is -3.51. The van der Waals surface area contributed by atoms with Crippen LogP contribution in [0.25, 0.3) is 0 Å². The van der Waals surface area contributed by atoms with E-state index in [1.807, 2.05) is 0 Å². The summed E-state index contributed by atoms with van der Waals surface area (Å²) < 4.78 is 35.8. The molecule has 2 aromatic carbocycles. The molecule has 0 saturated heterocycles. The van der Waals surface area contributed by atoms with Crippen LogP contribution in [0.15, 0.2) is 53.4 Å². The van der Waals surface area contributed by atoms with Gasteiger partial charge in [0.2, 0.25) is 10.0 Å². The maximum absolute atomic E-state index is 12.5. The standard InChI is InChI=1S/C18H22N2O5S/c1-20(2)26(22,23)15-10-8-14(9-11-15)19-18(21)16-6-4-5-7-17(16)25-13-12-24-3/h4-11H,12-13H2,1-3H3,(H,19,21). The first kappa shape index (κ1) is 19.9. The van der Waals surface area contributed by atoms with Crippen LogP contribution >= 0.6 is 0 Å². The van der Waals surface area contributed by atoms with Crippen molar-refractivity contribution in [3.05, 3.63) is 54.1 Å². The van der Waals surface area contributed by atoms with Gasteiger partial charge in [0.05, 0.1) is 17.1 Å². The third-order valence-corrected chi connectivity index (χ3v) is 5.40. The average Bonchev–Trinajstić information content (AvgIpc) is 2.62. The molecule has 1 N–H and O–H groups in total. The third-order valence-electron chi connectivity index (χ3n) is 3.57. The van der Waals surface area contributed by atoms with Crippen molar-refractivity contribution in [3.8, 4) is 5.75 Å². The summed E-state index contributed by atoms with van der Waals surface area (Å²) in [6, 6.07) is 12.9. The first-order valence-electron chi connectivity index (χ1n) is 7.91. The Morgan fingerprint density at radius 3 is 2.31 bits per heavy atom. The van der Waals surface area contributed by atoms with Gasteiger partial charge in [-0.2, -0.15) is 0 Å². The van der Waals surface area contributed by atoms with Crippen molar-refractivity contribution in [2.45, 2.75) is 4.90 Å². The predicted molar refractivity (Wildman–Crippen MR) is 99.1 cm³/mol. The van der Waals surface area contributed by atoms with E-state index >= 15 is 0 Å². The Balaban J connectivity index is 2.13. The van der Waals surface area contributed by atoms with Crippen molar-refractivity contribution in [2.24, 2.45) is 0 Å². The fourth-order valence-electron chi connectivity index (χ4n) is 2.13. The van der Waals surface area contributed by atoms with Crippen molar-refractivity contribution in [3.63, 3.8) is 0 Å². The molecule has 2 aromatic rings. The number of sulfonamides is 1. The molecule has 7 nitrogen and oxygen atoms in total.